The quantitative estimate of drug-likeness (QED) is 0.640. The fraction of sp³-hybridized carbons (Fsp3) is 0.364. The molecule has 0 atom stereocenters. The number of anilines is 1. The number of hydrogen-bond donors (Lipinski definition) is 3. The molecule has 0 saturated heterocycles. The summed E-state index contributed by atoms with van der Waals surface area (Å²) in [5.41, 5.74) is 7.27. The highest BCUT2D eigenvalue weighted by molar-refractivity contribution is 5.94. The minimum Gasteiger partial charge on any atom is -0.478 e. The fourth-order valence-corrected chi connectivity index (χ4v) is 1.31. The molecule has 0 spiro atoms. The highest BCUT2D eigenvalue weighted by Crippen LogP contribution is 2.17. The van der Waals surface area contributed by atoms with Crippen molar-refractivity contribution >= 4 is 11.7 Å². The van der Waals surface area contributed by atoms with Gasteiger partial charge < -0.3 is 16.2 Å². The predicted molar refractivity (Wildman–Crippen MR) is 60.3 cm³/mol. The van der Waals surface area contributed by atoms with Crippen LogP contribution in [0, 0.1) is 6.92 Å². The van der Waals surface area contributed by atoms with Gasteiger partial charge in [0, 0.05) is 12.2 Å². The van der Waals surface area contributed by atoms with Crippen molar-refractivity contribution in [1.29, 1.82) is 0 Å². The summed E-state index contributed by atoms with van der Waals surface area (Å²) in [4.78, 5) is 10.9. The molecule has 0 heterocycles. The first-order chi connectivity index (χ1) is 7.15. The van der Waals surface area contributed by atoms with Crippen LogP contribution in [0.5, 0.6) is 0 Å². The van der Waals surface area contributed by atoms with Crippen molar-refractivity contribution in [2.75, 3.05) is 18.4 Å². The minimum atomic E-state index is -0.908. The lowest BCUT2D eigenvalue weighted by Gasteiger charge is -2.09. The van der Waals surface area contributed by atoms with Crippen LogP contribution in [-0.4, -0.2) is 24.2 Å². The van der Waals surface area contributed by atoms with Crippen LogP contribution in [-0.2, 0) is 0 Å². The lowest BCUT2D eigenvalue weighted by molar-refractivity contribution is 0.0698. The Morgan fingerprint density at radius 1 is 1.53 bits per heavy atom. The Balaban J connectivity index is 2.81. The van der Waals surface area contributed by atoms with E-state index < -0.39 is 5.97 Å². The van der Waals surface area contributed by atoms with Crippen LogP contribution in [0.25, 0.3) is 0 Å². The number of aryl methyl sites for hydroxylation is 1. The third kappa shape index (κ3) is 3.25. The van der Waals surface area contributed by atoms with Gasteiger partial charge in [-0.15, -0.1) is 0 Å². The number of hydrogen-bond acceptors (Lipinski definition) is 3. The molecule has 0 aliphatic heterocycles. The van der Waals surface area contributed by atoms with E-state index in [1.54, 1.807) is 12.1 Å². The molecule has 0 bridgehead atoms. The summed E-state index contributed by atoms with van der Waals surface area (Å²) in [6, 6.07) is 5.33. The average molecular weight is 208 g/mol. The number of aromatic carboxylic acids is 1. The molecular weight excluding hydrogens is 192 g/mol. The van der Waals surface area contributed by atoms with E-state index in [1.165, 1.54) is 0 Å². The first kappa shape index (κ1) is 11.5. The zero-order valence-corrected chi connectivity index (χ0v) is 8.79. The Bertz CT molecular complexity index is 350. The molecule has 4 nitrogen and oxygen atoms in total. The van der Waals surface area contributed by atoms with Gasteiger partial charge in [-0.05, 0) is 32.0 Å². The number of nitrogens with one attached hydrogen (secondary N) is 1. The van der Waals surface area contributed by atoms with Gasteiger partial charge in [0.15, 0.2) is 0 Å². The van der Waals surface area contributed by atoms with Crippen molar-refractivity contribution in [2.24, 2.45) is 5.73 Å². The average Bonchev–Trinajstić information content (AvgIpc) is 2.20. The molecule has 0 aliphatic rings. The predicted octanol–water partition coefficient (Wildman–Crippen LogP) is 1.45. The zero-order valence-electron chi connectivity index (χ0n) is 8.79. The second-order valence-electron chi connectivity index (χ2n) is 3.42. The lowest BCUT2D eigenvalue weighted by atomic mass is 10.1. The zero-order chi connectivity index (χ0) is 11.3. The Morgan fingerprint density at radius 3 is 2.87 bits per heavy atom. The largest absolute Gasteiger partial charge is 0.478 e. The second-order valence-corrected chi connectivity index (χ2v) is 3.42. The van der Waals surface area contributed by atoms with Crippen LogP contribution in [0.15, 0.2) is 18.2 Å². The Hall–Kier alpha value is -1.55. The number of rotatable bonds is 5. The molecule has 4 heteroatoms. The fourth-order valence-electron chi connectivity index (χ4n) is 1.31. The number of nitrogens with two attached hydrogens (primary N) is 1. The highest BCUT2D eigenvalue weighted by atomic mass is 16.4. The molecule has 0 unspecified atom stereocenters. The van der Waals surface area contributed by atoms with Gasteiger partial charge in [0.2, 0.25) is 0 Å². The Labute approximate surface area is 89.1 Å². The van der Waals surface area contributed by atoms with Crippen LogP contribution in [0.3, 0.4) is 0 Å². The molecule has 0 aliphatic carbocycles. The lowest BCUT2D eigenvalue weighted by Crippen LogP contribution is -2.11. The van der Waals surface area contributed by atoms with Crippen LogP contribution in [0.2, 0.25) is 0 Å². The first-order valence-electron chi connectivity index (χ1n) is 4.93. The number of carbonyl (C=O) groups is 1. The molecule has 1 aromatic rings. The molecular formula is C11H16N2O2. The highest BCUT2D eigenvalue weighted by Gasteiger charge is 2.09. The molecule has 1 rings (SSSR count). The number of carboxylic acids is 1. The molecule has 0 fully saturated rings. The van der Waals surface area contributed by atoms with Gasteiger partial charge in [0.1, 0.15) is 0 Å². The van der Waals surface area contributed by atoms with Gasteiger partial charge in [0.05, 0.1) is 5.56 Å². The summed E-state index contributed by atoms with van der Waals surface area (Å²) in [5.74, 6) is -0.908. The standard InChI is InChI=1S/C11H16N2O2/c1-8-3-4-10(13-6-2-5-12)9(7-8)11(14)15/h3-4,7,13H,2,5-6,12H2,1H3,(H,14,15). The van der Waals surface area contributed by atoms with Crippen LogP contribution < -0.4 is 11.1 Å². The van der Waals surface area contributed by atoms with E-state index in [1.807, 2.05) is 13.0 Å². The summed E-state index contributed by atoms with van der Waals surface area (Å²) in [7, 11) is 0. The van der Waals surface area contributed by atoms with Gasteiger partial charge in [-0.1, -0.05) is 11.6 Å². The van der Waals surface area contributed by atoms with Crippen molar-refractivity contribution < 1.29 is 9.90 Å². The summed E-state index contributed by atoms with van der Waals surface area (Å²) < 4.78 is 0. The van der Waals surface area contributed by atoms with Crippen molar-refractivity contribution in [2.45, 2.75) is 13.3 Å². The first-order valence-corrected chi connectivity index (χ1v) is 4.93. The van der Waals surface area contributed by atoms with Crippen molar-refractivity contribution in [3.05, 3.63) is 29.3 Å². The third-order valence-electron chi connectivity index (χ3n) is 2.10. The van der Waals surface area contributed by atoms with E-state index in [4.69, 9.17) is 10.8 Å². The van der Waals surface area contributed by atoms with Crippen LogP contribution in [0.4, 0.5) is 5.69 Å². The van der Waals surface area contributed by atoms with Gasteiger partial charge >= 0.3 is 5.97 Å². The van der Waals surface area contributed by atoms with Crippen molar-refractivity contribution in [3.63, 3.8) is 0 Å². The number of benzene rings is 1. The molecule has 0 saturated carbocycles. The molecule has 1 aromatic carbocycles. The maximum Gasteiger partial charge on any atom is 0.337 e. The maximum absolute atomic E-state index is 10.9. The molecule has 0 aromatic heterocycles. The second kappa shape index (κ2) is 5.36. The van der Waals surface area contributed by atoms with E-state index in [0.717, 1.165) is 12.0 Å². The maximum atomic E-state index is 10.9. The number of carboxylic acid groups (broad SMARTS) is 1. The van der Waals surface area contributed by atoms with Crippen LogP contribution in [0.1, 0.15) is 22.3 Å². The Kier molecular flexibility index (Phi) is 4.12. The van der Waals surface area contributed by atoms with Gasteiger partial charge in [-0.2, -0.15) is 0 Å². The van der Waals surface area contributed by atoms with Gasteiger partial charge in [-0.25, -0.2) is 4.79 Å². The van der Waals surface area contributed by atoms with Crippen LogP contribution >= 0.6 is 0 Å². The van der Waals surface area contributed by atoms with E-state index in [0.29, 0.717) is 24.3 Å². The molecule has 0 amide bonds. The van der Waals surface area contributed by atoms with Crippen molar-refractivity contribution in [1.82, 2.24) is 0 Å². The third-order valence-corrected chi connectivity index (χ3v) is 2.10. The summed E-state index contributed by atoms with van der Waals surface area (Å²) in [5, 5.41) is 12.0. The summed E-state index contributed by atoms with van der Waals surface area (Å²) in [6.45, 7) is 3.16. The molecule has 0 radical (unpaired) electrons. The van der Waals surface area contributed by atoms with E-state index >= 15 is 0 Å². The minimum absolute atomic E-state index is 0.312. The van der Waals surface area contributed by atoms with E-state index in [2.05, 4.69) is 5.32 Å². The monoisotopic (exact) mass is 208 g/mol. The van der Waals surface area contributed by atoms with E-state index in [-0.39, 0.29) is 0 Å². The van der Waals surface area contributed by atoms with E-state index in [9.17, 15) is 4.79 Å². The smallest absolute Gasteiger partial charge is 0.337 e. The molecule has 82 valence electrons. The van der Waals surface area contributed by atoms with Gasteiger partial charge in [-0.3, -0.25) is 0 Å². The SMILES string of the molecule is Cc1ccc(NCCCN)c(C(=O)O)c1. The molecule has 4 N–H and O–H groups in total. The molecule has 15 heavy (non-hydrogen) atoms. The Morgan fingerprint density at radius 2 is 2.27 bits per heavy atom. The van der Waals surface area contributed by atoms with Gasteiger partial charge in [0.25, 0.3) is 0 Å². The van der Waals surface area contributed by atoms with Crippen molar-refractivity contribution in [3.8, 4) is 0 Å². The normalized spacial score (nSPS) is 10.0. The summed E-state index contributed by atoms with van der Waals surface area (Å²) >= 11 is 0. The summed E-state index contributed by atoms with van der Waals surface area (Å²) in [6.07, 6.45) is 0.826. The topological polar surface area (TPSA) is 75.3 Å².